The number of fused-ring (bicyclic) bond motifs is 3. The smallest absolute Gasteiger partial charge is 0.302 e. The zero-order valence-corrected chi connectivity index (χ0v) is 19.3. The molecule has 0 aromatic rings. The van der Waals surface area contributed by atoms with Gasteiger partial charge in [0.15, 0.2) is 11.6 Å². The minimum Gasteiger partial charge on any atom is -0.465 e. The monoisotopic (exact) mass is 446 g/mol. The first-order chi connectivity index (χ1) is 15.0. The van der Waals surface area contributed by atoms with Crippen molar-refractivity contribution < 1.29 is 33.8 Å². The predicted molar refractivity (Wildman–Crippen MR) is 114 cm³/mol. The molecule has 7 heteroatoms. The van der Waals surface area contributed by atoms with Gasteiger partial charge < -0.3 is 14.6 Å². The molecule has 5 saturated carbocycles. The van der Waals surface area contributed by atoms with E-state index in [1.807, 2.05) is 6.92 Å². The lowest BCUT2D eigenvalue weighted by Crippen LogP contribution is -2.72. The van der Waals surface area contributed by atoms with Crippen LogP contribution in [0.25, 0.3) is 0 Å². The van der Waals surface area contributed by atoms with Gasteiger partial charge in [-0.15, -0.1) is 0 Å². The zero-order chi connectivity index (χ0) is 23.5. The predicted octanol–water partition coefficient (Wildman–Crippen LogP) is 2.64. The molecule has 7 nitrogen and oxygen atoms in total. The number of ether oxygens (including phenoxy) is 2. The quantitative estimate of drug-likeness (QED) is 0.393. The number of carbonyl (C=O) groups excluding carboxylic acids is 4. The number of aliphatic hydroxyl groups excluding tert-OH is 1. The van der Waals surface area contributed by atoms with Gasteiger partial charge in [-0.3, -0.25) is 19.2 Å². The van der Waals surface area contributed by atoms with Crippen molar-refractivity contribution in [3.8, 4) is 0 Å². The number of hydrogen-bond donors (Lipinski definition) is 1. The van der Waals surface area contributed by atoms with E-state index < -0.39 is 40.7 Å². The van der Waals surface area contributed by atoms with E-state index >= 15 is 0 Å². The maximum absolute atomic E-state index is 14.0. The van der Waals surface area contributed by atoms with Crippen LogP contribution in [-0.4, -0.2) is 48.4 Å². The molecule has 1 N–H and O–H groups in total. The average Bonchev–Trinajstić information content (AvgIpc) is 2.75. The van der Waals surface area contributed by atoms with E-state index in [0.29, 0.717) is 24.8 Å². The van der Waals surface area contributed by atoms with Gasteiger partial charge in [0.2, 0.25) is 0 Å². The molecule has 5 aliphatic carbocycles. The van der Waals surface area contributed by atoms with Crippen molar-refractivity contribution in [2.45, 2.75) is 59.3 Å². The Morgan fingerprint density at radius 1 is 1.09 bits per heavy atom. The first-order valence-corrected chi connectivity index (χ1v) is 11.7. The lowest BCUT2D eigenvalue weighted by Gasteiger charge is -2.68. The van der Waals surface area contributed by atoms with Crippen molar-refractivity contribution in [1.29, 1.82) is 0 Å². The van der Waals surface area contributed by atoms with Crippen LogP contribution in [0.15, 0.2) is 12.2 Å². The van der Waals surface area contributed by atoms with Gasteiger partial charge in [-0.25, -0.2) is 0 Å². The number of allylic oxidation sites excluding steroid dienone is 1. The molecule has 0 saturated heterocycles. The topological polar surface area (TPSA) is 107 Å². The maximum Gasteiger partial charge on any atom is 0.302 e. The molecule has 0 aliphatic heterocycles. The second-order valence-corrected chi connectivity index (χ2v) is 10.8. The summed E-state index contributed by atoms with van der Waals surface area (Å²) in [4.78, 5) is 51.2. The second kappa shape index (κ2) is 7.79. The molecule has 32 heavy (non-hydrogen) atoms. The fourth-order valence-electron chi connectivity index (χ4n) is 8.07. The molecule has 0 aromatic carbocycles. The van der Waals surface area contributed by atoms with Gasteiger partial charge in [0.1, 0.15) is 0 Å². The molecule has 3 unspecified atom stereocenters. The minimum atomic E-state index is -1.20. The SMILES string of the molecule is C=C1C(=O)C23CC[C@@H]1CC2[C@]1(COC(C)=O)CCC[C@@](C)(COC(C)=O)C1[C@H](CO)C3=O. The molecule has 5 fully saturated rings. The molecule has 2 bridgehead atoms. The summed E-state index contributed by atoms with van der Waals surface area (Å²) in [5, 5.41) is 10.5. The Morgan fingerprint density at radius 2 is 1.75 bits per heavy atom. The molecular weight excluding hydrogens is 412 g/mol. The van der Waals surface area contributed by atoms with Crippen molar-refractivity contribution in [2.24, 2.45) is 39.9 Å². The van der Waals surface area contributed by atoms with Gasteiger partial charge in [0, 0.05) is 30.6 Å². The number of rotatable bonds is 5. The average molecular weight is 447 g/mol. The van der Waals surface area contributed by atoms with Crippen LogP contribution in [0, 0.1) is 39.9 Å². The number of ketones is 2. The van der Waals surface area contributed by atoms with Gasteiger partial charge in [0.25, 0.3) is 0 Å². The largest absolute Gasteiger partial charge is 0.465 e. The van der Waals surface area contributed by atoms with E-state index in [-0.39, 0.29) is 42.5 Å². The molecule has 0 radical (unpaired) electrons. The highest BCUT2D eigenvalue weighted by atomic mass is 16.5. The summed E-state index contributed by atoms with van der Waals surface area (Å²) in [6, 6.07) is 0. The third-order valence-electron chi connectivity index (χ3n) is 9.17. The number of aliphatic hydroxyl groups is 1. The molecule has 7 atom stereocenters. The molecular formula is C25H34O7. The van der Waals surface area contributed by atoms with E-state index in [9.17, 15) is 24.3 Å². The summed E-state index contributed by atoms with van der Waals surface area (Å²) in [6.07, 6.45) is 4.09. The lowest BCUT2D eigenvalue weighted by atomic mass is 9.34. The highest BCUT2D eigenvalue weighted by Gasteiger charge is 2.74. The molecule has 0 heterocycles. The van der Waals surface area contributed by atoms with E-state index in [1.165, 1.54) is 13.8 Å². The van der Waals surface area contributed by atoms with Crippen molar-refractivity contribution in [3.05, 3.63) is 12.2 Å². The molecule has 176 valence electrons. The summed E-state index contributed by atoms with van der Waals surface area (Å²) in [5.41, 5.74) is -1.90. The third kappa shape index (κ3) is 3.03. The summed E-state index contributed by atoms with van der Waals surface area (Å²) in [7, 11) is 0. The Bertz CT molecular complexity index is 878. The van der Waals surface area contributed by atoms with Crippen molar-refractivity contribution in [3.63, 3.8) is 0 Å². The van der Waals surface area contributed by atoms with Crippen molar-refractivity contribution >= 4 is 23.5 Å². The summed E-state index contributed by atoms with van der Waals surface area (Å²) < 4.78 is 11.1. The number of hydrogen-bond acceptors (Lipinski definition) is 7. The number of esters is 2. The minimum absolute atomic E-state index is 0.0318. The Labute approximate surface area is 188 Å². The molecule has 0 aromatic heterocycles. The second-order valence-electron chi connectivity index (χ2n) is 10.8. The zero-order valence-electron chi connectivity index (χ0n) is 19.3. The highest BCUT2D eigenvalue weighted by molar-refractivity contribution is 6.17. The highest BCUT2D eigenvalue weighted by Crippen LogP contribution is 2.71. The fourth-order valence-corrected chi connectivity index (χ4v) is 8.07. The van der Waals surface area contributed by atoms with Crippen LogP contribution in [0.2, 0.25) is 0 Å². The number of Topliss-reactive ketones (excluding diaryl/α,β-unsaturated/α-hetero) is 2. The first kappa shape index (κ1) is 23.1. The van der Waals surface area contributed by atoms with E-state index in [4.69, 9.17) is 9.47 Å². The van der Waals surface area contributed by atoms with Crippen LogP contribution < -0.4 is 0 Å². The summed E-state index contributed by atoms with van der Waals surface area (Å²) >= 11 is 0. The van der Waals surface area contributed by atoms with Crippen LogP contribution >= 0.6 is 0 Å². The summed E-state index contributed by atoms with van der Waals surface area (Å²) in [6.45, 7) is 8.57. The van der Waals surface area contributed by atoms with Crippen LogP contribution in [0.4, 0.5) is 0 Å². The summed E-state index contributed by atoms with van der Waals surface area (Å²) in [5.74, 6) is -2.58. The van der Waals surface area contributed by atoms with E-state index in [0.717, 1.165) is 19.3 Å². The number of carbonyl (C=O) groups is 4. The first-order valence-electron chi connectivity index (χ1n) is 11.7. The van der Waals surface area contributed by atoms with Gasteiger partial charge in [0.05, 0.1) is 25.2 Å². The van der Waals surface area contributed by atoms with Crippen molar-refractivity contribution in [2.75, 3.05) is 19.8 Å². The normalized spacial score (nSPS) is 42.8. The Balaban J connectivity index is 1.89. The third-order valence-corrected chi connectivity index (χ3v) is 9.17. The van der Waals surface area contributed by atoms with Gasteiger partial charge in [-0.05, 0) is 55.4 Å². The van der Waals surface area contributed by atoms with Gasteiger partial charge >= 0.3 is 11.9 Å². The van der Waals surface area contributed by atoms with Crippen molar-refractivity contribution in [1.82, 2.24) is 0 Å². The lowest BCUT2D eigenvalue weighted by molar-refractivity contribution is -0.223. The van der Waals surface area contributed by atoms with Crippen LogP contribution in [0.5, 0.6) is 0 Å². The van der Waals surface area contributed by atoms with Gasteiger partial charge in [-0.2, -0.15) is 0 Å². The Hall–Kier alpha value is -2.02. The standard InChI is InChI=1S/C25H34O7/c1-14-17-6-9-25(21(14)29)19(10-17)24(13-32-16(3)28)8-5-7-23(4,12-31-15(2)27)20(24)18(11-26)22(25)30/h17-20,26H,1,5-13H2,2-4H3/t17-,18+,19?,20?,23+,24-,25?/m1/s1. The Kier molecular flexibility index (Phi) is 5.63. The van der Waals surface area contributed by atoms with Crippen LogP contribution in [-0.2, 0) is 28.7 Å². The molecule has 5 aliphatic rings. The maximum atomic E-state index is 14.0. The van der Waals surface area contributed by atoms with E-state index in [1.54, 1.807) is 0 Å². The molecule has 0 amide bonds. The van der Waals surface area contributed by atoms with Crippen LogP contribution in [0.3, 0.4) is 0 Å². The molecule has 1 spiro atoms. The van der Waals surface area contributed by atoms with Gasteiger partial charge in [-0.1, -0.05) is 19.9 Å². The fraction of sp³-hybridized carbons (Fsp3) is 0.760. The van der Waals surface area contributed by atoms with E-state index in [2.05, 4.69) is 6.58 Å². The van der Waals surface area contributed by atoms with Crippen LogP contribution in [0.1, 0.15) is 59.3 Å². The Morgan fingerprint density at radius 3 is 2.38 bits per heavy atom. The molecule has 5 rings (SSSR count).